The molecule has 3 aromatic carbocycles. The van der Waals surface area contributed by atoms with E-state index in [2.05, 4.69) is 5.32 Å². The number of amides is 4. The van der Waals surface area contributed by atoms with Crippen LogP contribution in [0.25, 0.3) is 11.1 Å². The van der Waals surface area contributed by atoms with E-state index in [0.717, 1.165) is 18.2 Å². The predicted molar refractivity (Wildman–Crippen MR) is 113 cm³/mol. The van der Waals surface area contributed by atoms with Crippen molar-refractivity contribution < 1.29 is 27.6 Å². The third kappa shape index (κ3) is 4.72. The van der Waals surface area contributed by atoms with Crippen molar-refractivity contribution in [3.05, 3.63) is 94.8 Å². The molecule has 3 aromatic rings. The lowest BCUT2D eigenvalue weighted by Gasteiger charge is -2.25. The molecule has 1 atom stereocenters. The summed E-state index contributed by atoms with van der Waals surface area (Å²) in [6, 6.07) is 12.0. The molecular weight excluding hydrogens is 435 g/mol. The number of halogens is 3. The number of imide groups is 1. The van der Waals surface area contributed by atoms with E-state index >= 15 is 0 Å². The molecule has 1 aliphatic heterocycles. The molecule has 9 heteroatoms. The highest BCUT2D eigenvalue weighted by Gasteiger charge is 2.30. The van der Waals surface area contributed by atoms with E-state index in [1.54, 1.807) is 24.3 Å². The van der Waals surface area contributed by atoms with Crippen LogP contribution in [0.5, 0.6) is 0 Å². The van der Waals surface area contributed by atoms with Gasteiger partial charge in [-0.3, -0.25) is 14.9 Å². The summed E-state index contributed by atoms with van der Waals surface area (Å²) in [5.74, 6) is -2.07. The zero-order valence-electron chi connectivity index (χ0n) is 17.1. The fourth-order valence-electron chi connectivity index (χ4n) is 3.80. The minimum Gasteiger partial charge on any atom is -0.332 e. The molecule has 0 saturated carbocycles. The molecule has 4 amide bonds. The number of nitrogens with one attached hydrogen (secondary N) is 2. The van der Waals surface area contributed by atoms with Gasteiger partial charge in [0, 0.05) is 24.2 Å². The molecule has 0 fully saturated rings. The smallest absolute Gasteiger partial charge is 0.321 e. The van der Waals surface area contributed by atoms with Crippen LogP contribution in [0.1, 0.15) is 27.5 Å². The summed E-state index contributed by atoms with van der Waals surface area (Å²) >= 11 is 0. The second-order valence-corrected chi connectivity index (χ2v) is 7.52. The largest absolute Gasteiger partial charge is 0.332 e. The Morgan fingerprint density at radius 2 is 1.64 bits per heavy atom. The van der Waals surface area contributed by atoms with Gasteiger partial charge in [-0.15, -0.1) is 0 Å². The second-order valence-electron chi connectivity index (χ2n) is 7.52. The number of hydrogen-bond acceptors (Lipinski definition) is 3. The van der Waals surface area contributed by atoms with Crippen LogP contribution in [0.15, 0.2) is 60.7 Å². The number of hydrogen-bond donors (Lipinski definition) is 2. The van der Waals surface area contributed by atoms with Gasteiger partial charge in [0.15, 0.2) is 0 Å². The van der Waals surface area contributed by atoms with Gasteiger partial charge in [0.1, 0.15) is 17.5 Å². The summed E-state index contributed by atoms with van der Waals surface area (Å²) < 4.78 is 41.2. The number of fused-ring (bicyclic) bond motifs is 1. The Hall–Kier alpha value is -4.14. The molecule has 4 rings (SSSR count). The van der Waals surface area contributed by atoms with Gasteiger partial charge in [-0.1, -0.05) is 30.3 Å². The highest BCUT2D eigenvalue weighted by molar-refractivity contribution is 5.98. The first-order valence-electron chi connectivity index (χ1n) is 9.99. The number of benzene rings is 3. The van der Waals surface area contributed by atoms with Crippen molar-refractivity contribution in [3.8, 4) is 11.1 Å². The summed E-state index contributed by atoms with van der Waals surface area (Å²) in [4.78, 5) is 36.8. The molecule has 1 aliphatic rings. The molecule has 0 saturated heterocycles. The van der Waals surface area contributed by atoms with Crippen LogP contribution >= 0.6 is 0 Å². The maximum absolute atomic E-state index is 14.1. The number of urea groups is 1. The molecule has 0 unspecified atom stereocenters. The monoisotopic (exact) mass is 453 g/mol. The van der Waals surface area contributed by atoms with Crippen LogP contribution in [0.3, 0.4) is 0 Å². The summed E-state index contributed by atoms with van der Waals surface area (Å²) in [7, 11) is 0. The number of carbonyl (C=O) groups is 3. The Bertz CT molecular complexity index is 1230. The summed E-state index contributed by atoms with van der Waals surface area (Å²) in [6.45, 7) is 0.267. The summed E-state index contributed by atoms with van der Waals surface area (Å²) in [5.41, 5.74) is 1.98. The quantitative estimate of drug-likeness (QED) is 0.556. The lowest BCUT2D eigenvalue weighted by molar-refractivity contribution is -0.108. The number of rotatable bonds is 6. The van der Waals surface area contributed by atoms with Gasteiger partial charge in [0.25, 0.3) is 5.91 Å². The molecule has 33 heavy (non-hydrogen) atoms. The molecule has 0 aromatic heterocycles. The van der Waals surface area contributed by atoms with Gasteiger partial charge in [-0.2, -0.15) is 0 Å². The Labute approximate surface area is 187 Å². The van der Waals surface area contributed by atoms with Crippen molar-refractivity contribution in [2.75, 3.05) is 6.54 Å². The SMILES string of the molecule is O=CNC(=O)N[C@@H](CN1Cc2ccc(F)cc2C1=O)c1ccc(-c2cc(F)ccc2F)cc1. The van der Waals surface area contributed by atoms with Crippen LogP contribution in [-0.2, 0) is 11.3 Å². The molecule has 1 heterocycles. The zero-order valence-corrected chi connectivity index (χ0v) is 17.1. The van der Waals surface area contributed by atoms with E-state index in [1.165, 1.54) is 23.1 Å². The van der Waals surface area contributed by atoms with Crippen LogP contribution in [0.2, 0.25) is 0 Å². The topological polar surface area (TPSA) is 78.5 Å². The molecule has 168 valence electrons. The van der Waals surface area contributed by atoms with E-state index < -0.39 is 29.5 Å². The van der Waals surface area contributed by atoms with Gasteiger partial charge >= 0.3 is 6.03 Å². The lowest BCUT2D eigenvalue weighted by Crippen LogP contribution is -2.42. The normalized spacial score (nSPS) is 13.4. The van der Waals surface area contributed by atoms with Crippen molar-refractivity contribution in [1.82, 2.24) is 15.5 Å². The van der Waals surface area contributed by atoms with Crippen molar-refractivity contribution in [2.45, 2.75) is 12.6 Å². The van der Waals surface area contributed by atoms with Crippen molar-refractivity contribution >= 4 is 18.3 Å². The average molecular weight is 453 g/mol. The van der Waals surface area contributed by atoms with E-state index in [1.807, 2.05) is 5.32 Å². The van der Waals surface area contributed by atoms with Crippen LogP contribution in [0.4, 0.5) is 18.0 Å². The van der Waals surface area contributed by atoms with E-state index in [-0.39, 0.29) is 36.5 Å². The fourth-order valence-corrected chi connectivity index (χ4v) is 3.80. The fraction of sp³-hybridized carbons (Fsp3) is 0.125. The third-order valence-electron chi connectivity index (χ3n) is 5.40. The first kappa shape index (κ1) is 22.1. The first-order chi connectivity index (χ1) is 15.9. The van der Waals surface area contributed by atoms with E-state index in [4.69, 9.17) is 0 Å². The highest BCUT2D eigenvalue weighted by atomic mass is 19.1. The molecule has 0 spiro atoms. The van der Waals surface area contributed by atoms with Crippen LogP contribution in [-0.4, -0.2) is 29.8 Å². The van der Waals surface area contributed by atoms with E-state index in [9.17, 15) is 27.6 Å². The van der Waals surface area contributed by atoms with Crippen LogP contribution in [0, 0.1) is 17.5 Å². The van der Waals surface area contributed by atoms with Gasteiger partial charge in [0.2, 0.25) is 6.41 Å². The van der Waals surface area contributed by atoms with E-state index in [0.29, 0.717) is 16.7 Å². The molecule has 6 nitrogen and oxygen atoms in total. The first-order valence-corrected chi connectivity index (χ1v) is 9.99. The molecule has 0 bridgehead atoms. The van der Waals surface area contributed by atoms with Crippen molar-refractivity contribution in [3.63, 3.8) is 0 Å². The lowest BCUT2D eigenvalue weighted by atomic mass is 10.00. The Morgan fingerprint density at radius 1 is 0.970 bits per heavy atom. The Kier molecular flexibility index (Phi) is 6.12. The minimum atomic E-state index is -0.773. The van der Waals surface area contributed by atoms with Gasteiger partial charge in [-0.25, -0.2) is 18.0 Å². The average Bonchev–Trinajstić information content (AvgIpc) is 3.10. The molecular formula is C24H18F3N3O3. The second kappa shape index (κ2) is 9.15. The zero-order chi connectivity index (χ0) is 23.5. The van der Waals surface area contributed by atoms with Gasteiger partial charge in [0.05, 0.1) is 6.04 Å². The molecule has 0 aliphatic carbocycles. The van der Waals surface area contributed by atoms with Gasteiger partial charge in [-0.05, 0) is 47.0 Å². The van der Waals surface area contributed by atoms with Gasteiger partial charge < -0.3 is 10.2 Å². The molecule has 0 radical (unpaired) electrons. The summed E-state index contributed by atoms with van der Waals surface area (Å²) in [5, 5.41) is 4.60. The predicted octanol–water partition coefficient (Wildman–Crippen LogP) is 3.92. The third-order valence-corrected chi connectivity index (χ3v) is 5.40. The molecule has 2 N–H and O–H groups in total. The minimum absolute atomic E-state index is 0.0368. The van der Waals surface area contributed by atoms with Crippen molar-refractivity contribution in [1.29, 1.82) is 0 Å². The highest BCUT2D eigenvalue weighted by Crippen LogP contribution is 2.28. The Balaban J connectivity index is 1.59. The van der Waals surface area contributed by atoms with Crippen molar-refractivity contribution in [2.24, 2.45) is 0 Å². The standard InChI is InChI=1S/C24H18F3N3O3/c25-17-6-5-16-11-30(23(32)20(16)10-17)12-22(29-24(33)28-13-31)15-3-1-14(2-4-15)19-9-18(26)7-8-21(19)27/h1-10,13,22H,11-12H2,(H2,28,29,31,33)/t22-/m0/s1. The maximum Gasteiger partial charge on any atom is 0.321 e. The Morgan fingerprint density at radius 3 is 2.33 bits per heavy atom. The number of carbonyl (C=O) groups excluding carboxylic acids is 3. The summed E-state index contributed by atoms with van der Waals surface area (Å²) in [6.07, 6.45) is 0.224. The maximum atomic E-state index is 14.1. The van der Waals surface area contributed by atoms with Crippen LogP contribution < -0.4 is 10.6 Å². The number of nitrogens with zero attached hydrogens (tertiary/aromatic N) is 1.